The fraction of sp³-hybridized carbons (Fsp3) is 0.446. The van der Waals surface area contributed by atoms with Crippen LogP contribution in [-0.4, -0.2) is 113 Å². The van der Waals surface area contributed by atoms with Crippen molar-refractivity contribution in [1.29, 1.82) is 0 Å². The molecule has 3 aromatic carbocycles. The molecule has 8 rings (SSSR count). The zero-order valence-electron chi connectivity index (χ0n) is 44.1. The Hall–Kier alpha value is -6.87. The molecular weight excluding hydrogens is 1020 g/mol. The van der Waals surface area contributed by atoms with Crippen LogP contribution in [0, 0.1) is 18.2 Å². The number of aromatic nitrogens is 6. The number of amides is 4. The van der Waals surface area contributed by atoms with Crippen LogP contribution in [0.15, 0.2) is 84.8 Å². The third-order valence-corrected chi connectivity index (χ3v) is 15.0. The van der Waals surface area contributed by atoms with Gasteiger partial charge in [-0.05, 0) is 86.5 Å². The van der Waals surface area contributed by atoms with Crippen molar-refractivity contribution in [3.8, 4) is 16.2 Å². The van der Waals surface area contributed by atoms with Crippen LogP contribution >= 0.6 is 22.9 Å². The molecule has 2 aliphatic heterocycles. The maximum Gasteiger partial charge on any atom is 0.248 e. The molecule has 408 valence electrons. The number of ether oxygens (including phenoxy) is 1. The van der Waals surface area contributed by atoms with Gasteiger partial charge in [-0.25, -0.2) is 19.3 Å². The molecule has 2 fully saturated rings. The Morgan fingerprint density at radius 1 is 0.974 bits per heavy atom. The predicted molar refractivity (Wildman–Crippen MR) is 296 cm³/mol. The zero-order valence-corrected chi connectivity index (χ0v) is 45.6. The number of aliphatic hydroxyl groups excluding tert-OH is 1. The van der Waals surface area contributed by atoms with Crippen LogP contribution in [0.3, 0.4) is 0 Å². The zero-order chi connectivity index (χ0) is 54.5. The van der Waals surface area contributed by atoms with Crippen LogP contribution in [-0.2, 0) is 38.9 Å². The molecule has 5 N–H and O–H groups in total. The van der Waals surface area contributed by atoms with Crippen molar-refractivity contribution in [2.45, 2.75) is 130 Å². The van der Waals surface area contributed by atoms with Gasteiger partial charge in [0.15, 0.2) is 0 Å². The van der Waals surface area contributed by atoms with E-state index in [0.717, 1.165) is 73.3 Å². The summed E-state index contributed by atoms with van der Waals surface area (Å²) in [6.45, 7) is 11.3. The lowest BCUT2D eigenvalue weighted by molar-refractivity contribution is -0.144. The molecule has 0 aliphatic carbocycles. The topological polar surface area (TPSA) is 222 Å². The van der Waals surface area contributed by atoms with E-state index in [2.05, 4.69) is 51.4 Å². The van der Waals surface area contributed by atoms with Crippen molar-refractivity contribution in [3.05, 3.63) is 113 Å². The number of thiazole rings is 1. The average molecular weight is 1090 g/mol. The van der Waals surface area contributed by atoms with Crippen LogP contribution in [0.5, 0.6) is 5.75 Å². The van der Waals surface area contributed by atoms with Crippen LogP contribution in [0.4, 0.5) is 21.6 Å². The molecule has 5 heterocycles. The Bertz CT molecular complexity index is 3030. The number of hydrogen-bond acceptors (Lipinski definition) is 14. The van der Waals surface area contributed by atoms with Crippen LogP contribution in [0.2, 0.25) is 5.02 Å². The number of halogens is 2. The number of benzene rings is 3. The average Bonchev–Trinajstić information content (AvgIpc) is 4.18. The molecular formula is C56H68ClFN12O6S. The third kappa shape index (κ3) is 15.6. The second kappa shape index (κ2) is 26.5. The molecule has 0 spiro atoms. The Kier molecular flexibility index (Phi) is 19.4. The summed E-state index contributed by atoms with van der Waals surface area (Å²) in [5, 5.41) is 31.9. The van der Waals surface area contributed by atoms with Gasteiger partial charge in [0.2, 0.25) is 23.6 Å². The fourth-order valence-corrected chi connectivity index (χ4v) is 10.5. The van der Waals surface area contributed by atoms with Crippen LogP contribution < -0.4 is 26.0 Å². The lowest BCUT2D eigenvalue weighted by Gasteiger charge is -2.35. The lowest BCUT2D eigenvalue weighted by Crippen LogP contribution is -2.57. The number of nitrogens with one attached hydrogen (secondary N) is 4. The molecule has 0 radical (unpaired) electrons. The molecule has 6 aromatic rings. The highest BCUT2D eigenvalue weighted by atomic mass is 35.5. The molecule has 3 atom stereocenters. The van der Waals surface area contributed by atoms with Gasteiger partial charge in [0.05, 0.1) is 44.6 Å². The number of carbonyl (C=O) groups excluding carboxylic acids is 4. The summed E-state index contributed by atoms with van der Waals surface area (Å²) in [5.74, 6) is -1.07. The van der Waals surface area contributed by atoms with Crippen molar-refractivity contribution in [3.63, 3.8) is 0 Å². The first-order valence-corrected chi connectivity index (χ1v) is 27.6. The molecule has 0 bridgehead atoms. The molecule has 2 saturated heterocycles. The van der Waals surface area contributed by atoms with Gasteiger partial charge in [-0.3, -0.25) is 28.8 Å². The van der Waals surface area contributed by atoms with Gasteiger partial charge in [0, 0.05) is 62.2 Å². The maximum atomic E-state index is 14.1. The fourth-order valence-electron chi connectivity index (χ4n) is 9.51. The first-order chi connectivity index (χ1) is 37.1. The summed E-state index contributed by atoms with van der Waals surface area (Å²) in [6.07, 6.45) is 13.7. The number of β-amino-alcohol motifs (C(OH)–C–C–N with tert-alkyl or cyclic N) is 1. The number of aryl methyl sites for hydroxylation is 2. The van der Waals surface area contributed by atoms with E-state index in [-0.39, 0.29) is 55.3 Å². The minimum absolute atomic E-state index is 0.00539. The highest BCUT2D eigenvalue weighted by molar-refractivity contribution is 7.13. The van der Waals surface area contributed by atoms with Gasteiger partial charge in [-0.1, -0.05) is 93.6 Å². The molecule has 0 saturated carbocycles. The number of aliphatic hydroxyl groups is 1. The van der Waals surface area contributed by atoms with E-state index in [1.807, 2.05) is 69.7 Å². The number of fused-ring (bicyclic) bond motifs is 1. The van der Waals surface area contributed by atoms with Crippen molar-refractivity contribution < 1.29 is 33.4 Å². The summed E-state index contributed by atoms with van der Waals surface area (Å²) in [7, 11) is 0. The Balaban J connectivity index is 0.787. The predicted octanol–water partition coefficient (Wildman–Crippen LogP) is 8.90. The number of carbonyl (C=O) groups is 4. The smallest absolute Gasteiger partial charge is 0.248 e. The first kappa shape index (κ1) is 56.3. The second-order valence-corrected chi connectivity index (χ2v) is 22.1. The van der Waals surface area contributed by atoms with Crippen LogP contribution in [0.25, 0.3) is 21.3 Å². The SMILES string of the molecule is Cc1ncsc1-c1ccc(CNC(=O)[C@@H]2C[C@@H](O)CN2C(=O)[C@@H](NC(=O)CCCCCCCn2cc(COc3cc4ncnc(Nc5ccc(F)c(Cl)c5)c4cc3NC(=O)/C=C/CN3CCCCC3)nn2)C(C)(C)C)cc1. The minimum atomic E-state index is -0.894. The minimum Gasteiger partial charge on any atom is -0.485 e. The highest BCUT2D eigenvalue weighted by Crippen LogP contribution is 2.35. The summed E-state index contributed by atoms with van der Waals surface area (Å²) in [6, 6.07) is 13.9. The Morgan fingerprint density at radius 3 is 2.51 bits per heavy atom. The first-order valence-electron chi connectivity index (χ1n) is 26.4. The monoisotopic (exact) mass is 1090 g/mol. The standard InChI is InChI=1S/C56H68ClFN12O6S/c1-36-51(77-35-62-36)38-18-16-37(17-19-38)30-59-54(74)47-27-41(71)32-70(47)55(75)52(56(2,3)4)65-50(73)14-9-6-5-7-12-25-69-31-40(66-67-69)33-76-48-29-45-42(53(61-34-60-45)63-39-20-21-44(58)43(57)26-39)28-46(48)64-49(72)15-13-24-68-22-10-8-11-23-68/h13,15-21,26,28-29,31,34-35,41,47,52,71H,5-12,14,22-25,27,30,32-33H2,1-4H3,(H,59,74)(H,64,72)(H,65,73)(H,60,61,63)/b15-13+/t41-,47+,52-/m1/s1. The summed E-state index contributed by atoms with van der Waals surface area (Å²) in [5.41, 5.74) is 6.10. The summed E-state index contributed by atoms with van der Waals surface area (Å²) in [4.78, 5) is 72.2. The van der Waals surface area contributed by atoms with Crippen molar-refractivity contribution >= 4 is 74.7 Å². The van der Waals surface area contributed by atoms with E-state index >= 15 is 0 Å². The van der Waals surface area contributed by atoms with E-state index in [0.29, 0.717) is 59.0 Å². The Morgan fingerprint density at radius 2 is 1.75 bits per heavy atom. The molecule has 4 amide bonds. The number of hydrogen-bond donors (Lipinski definition) is 5. The largest absolute Gasteiger partial charge is 0.485 e. The molecule has 2 aliphatic rings. The third-order valence-electron chi connectivity index (χ3n) is 13.7. The molecule has 3 aromatic heterocycles. The van der Waals surface area contributed by atoms with E-state index in [4.69, 9.17) is 16.3 Å². The molecule has 0 unspecified atom stereocenters. The van der Waals surface area contributed by atoms with Gasteiger partial charge in [-0.2, -0.15) is 0 Å². The quantitative estimate of drug-likeness (QED) is 0.0299. The highest BCUT2D eigenvalue weighted by Gasteiger charge is 2.44. The van der Waals surface area contributed by atoms with Crippen molar-refractivity contribution in [2.24, 2.45) is 5.41 Å². The summed E-state index contributed by atoms with van der Waals surface area (Å²) < 4.78 is 22.0. The van der Waals surface area contributed by atoms with Gasteiger partial charge >= 0.3 is 0 Å². The number of unbranched alkanes of at least 4 members (excludes halogenated alkanes) is 4. The molecule has 21 heteroatoms. The number of likely N-dealkylation sites (tertiary alicyclic amines) is 2. The number of piperidine rings is 1. The molecule has 77 heavy (non-hydrogen) atoms. The second-order valence-electron chi connectivity index (χ2n) is 20.8. The van der Waals surface area contributed by atoms with E-state index < -0.39 is 35.3 Å². The van der Waals surface area contributed by atoms with Gasteiger partial charge in [-0.15, -0.1) is 16.4 Å². The van der Waals surface area contributed by atoms with Gasteiger partial charge < -0.3 is 36.0 Å². The van der Waals surface area contributed by atoms with Crippen molar-refractivity contribution in [2.75, 3.05) is 36.8 Å². The van der Waals surface area contributed by atoms with E-state index in [1.54, 1.807) is 34.2 Å². The number of rotatable bonds is 23. The Labute approximate surface area is 457 Å². The number of nitrogens with zero attached hydrogens (tertiary/aromatic N) is 8. The maximum absolute atomic E-state index is 14.1. The molecule has 18 nitrogen and oxygen atoms in total. The van der Waals surface area contributed by atoms with E-state index in [1.165, 1.54) is 35.9 Å². The normalized spacial score (nSPS) is 16.4. The van der Waals surface area contributed by atoms with E-state index in [9.17, 15) is 28.7 Å². The van der Waals surface area contributed by atoms with Crippen molar-refractivity contribution in [1.82, 2.24) is 50.4 Å². The van der Waals surface area contributed by atoms with Gasteiger partial charge in [0.25, 0.3) is 0 Å². The van der Waals surface area contributed by atoms with Gasteiger partial charge in [0.1, 0.15) is 48.1 Å². The lowest BCUT2D eigenvalue weighted by atomic mass is 9.85. The summed E-state index contributed by atoms with van der Waals surface area (Å²) >= 11 is 7.62. The number of anilines is 3. The van der Waals surface area contributed by atoms with Crippen LogP contribution in [0.1, 0.15) is 102 Å².